The van der Waals surface area contributed by atoms with E-state index in [1.54, 1.807) is 36.1 Å². The van der Waals surface area contributed by atoms with Gasteiger partial charge in [-0.2, -0.15) is 0 Å². The summed E-state index contributed by atoms with van der Waals surface area (Å²) in [5.41, 5.74) is 2.78. The van der Waals surface area contributed by atoms with Crippen molar-refractivity contribution in [1.82, 2.24) is 0 Å². The largest absolute Gasteiger partial charge is 0.304 e. The van der Waals surface area contributed by atoms with Gasteiger partial charge in [0.05, 0.1) is 17.5 Å². The lowest BCUT2D eigenvalue weighted by Crippen LogP contribution is -2.49. The smallest absolute Gasteiger partial charge is 0.269 e. The molecule has 5 rings (SSSR count). The van der Waals surface area contributed by atoms with Gasteiger partial charge in [0, 0.05) is 16.3 Å². The fourth-order valence-corrected chi connectivity index (χ4v) is 5.94. The summed E-state index contributed by atoms with van der Waals surface area (Å²) in [6.45, 7) is 2.13. The number of benzene rings is 3. The Bertz CT molecular complexity index is 1200. The third-order valence-corrected chi connectivity index (χ3v) is 7.37. The summed E-state index contributed by atoms with van der Waals surface area (Å²) in [6, 6.07) is 20.7. The fourth-order valence-electron chi connectivity index (χ4n) is 4.28. The number of nitrogens with zero attached hydrogens (tertiary/aromatic N) is 2. The Hall–Kier alpha value is -2.83. The molecule has 2 aliphatic rings. The van der Waals surface area contributed by atoms with E-state index in [9.17, 15) is 14.0 Å². The van der Waals surface area contributed by atoms with Crippen molar-refractivity contribution in [2.24, 2.45) is 0 Å². The van der Waals surface area contributed by atoms with Crippen LogP contribution in [0.2, 0.25) is 5.02 Å². The topological polar surface area (TPSA) is 40.6 Å². The zero-order chi connectivity index (χ0) is 21.8. The number of rotatable bonds is 3. The number of fused-ring (bicyclic) bond motifs is 2. The Morgan fingerprint density at radius 1 is 1.03 bits per heavy atom. The van der Waals surface area contributed by atoms with Gasteiger partial charge >= 0.3 is 0 Å². The molecule has 7 heteroatoms. The van der Waals surface area contributed by atoms with Gasteiger partial charge in [0.25, 0.3) is 5.91 Å². The molecular weight excluding hydrogens is 435 g/mol. The molecule has 0 aliphatic carbocycles. The van der Waals surface area contributed by atoms with E-state index in [0.717, 1.165) is 16.8 Å². The van der Waals surface area contributed by atoms with Gasteiger partial charge in [-0.05, 0) is 48.9 Å². The van der Waals surface area contributed by atoms with Crippen LogP contribution in [0.15, 0.2) is 72.8 Å². The van der Waals surface area contributed by atoms with Crippen molar-refractivity contribution in [2.75, 3.05) is 9.80 Å². The molecular formula is C24H18ClFN2O2S. The van der Waals surface area contributed by atoms with Crippen molar-refractivity contribution in [2.45, 2.75) is 23.6 Å². The first-order valence-electron chi connectivity index (χ1n) is 9.85. The predicted octanol–water partition coefficient (Wildman–Crippen LogP) is 5.35. The fraction of sp³-hybridized carbons (Fsp3) is 0.167. The van der Waals surface area contributed by atoms with E-state index in [0.29, 0.717) is 17.3 Å². The second-order valence-corrected chi connectivity index (χ2v) is 9.56. The first-order valence-corrected chi connectivity index (χ1v) is 11.1. The second-order valence-electron chi connectivity index (χ2n) is 7.59. The van der Waals surface area contributed by atoms with Crippen LogP contribution in [0.5, 0.6) is 0 Å². The Labute approximate surface area is 188 Å². The standard InChI is InChI=1S/C24H18ClFN2O2S/c1-15-22(29)28(19-6-4-5-18(26)13-19)24(31-15)20-7-2-3-8-21(20)27(23(24)30)14-16-9-11-17(25)12-10-16/h2-13,15H,14H2,1H3/t15-,24-/m0/s1. The van der Waals surface area contributed by atoms with Gasteiger partial charge in [0.15, 0.2) is 0 Å². The molecule has 2 heterocycles. The van der Waals surface area contributed by atoms with E-state index in [1.807, 2.05) is 36.4 Å². The molecule has 2 amide bonds. The summed E-state index contributed by atoms with van der Waals surface area (Å²) in [5, 5.41) is 0.173. The lowest BCUT2D eigenvalue weighted by Gasteiger charge is -2.33. The van der Waals surface area contributed by atoms with Crippen LogP contribution in [-0.2, 0) is 21.0 Å². The van der Waals surface area contributed by atoms with Crippen molar-refractivity contribution in [3.05, 3.63) is 94.8 Å². The molecule has 2 aliphatic heterocycles. The first-order chi connectivity index (χ1) is 14.9. The third-order valence-electron chi connectivity index (χ3n) is 5.65. The SMILES string of the molecule is C[C@@H]1S[C@@]2(C(=O)N(Cc3ccc(Cl)cc3)c3ccccc32)N(c2cccc(F)c2)C1=O. The van der Waals surface area contributed by atoms with Crippen molar-refractivity contribution in [3.63, 3.8) is 0 Å². The molecule has 2 atom stereocenters. The summed E-state index contributed by atoms with van der Waals surface area (Å²) >= 11 is 7.31. The third kappa shape index (κ3) is 3.05. The van der Waals surface area contributed by atoms with Crippen LogP contribution in [0.4, 0.5) is 15.8 Å². The Morgan fingerprint density at radius 2 is 1.77 bits per heavy atom. The highest BCUT2D eigenvalue weighted by Crippen LogP contribution is 2.58. The van der Waals surface area contributed by atoms with Crippen molar-refractivity contribution in [1.29, 1.82) is 0 Å². The predicted molar refractivity (Wildman–Crippen MR) is 122 cm³/mol. The van der Waals surface area contributed by atoms with Crippen LogP contribution < -0.4 is 9.80 Å². The van der Waals surface area contributed by atoms with Crippen LogP contribution in [0.25, 0.3) is 0 Å². The van der Waals surface area contributed by atoms with Crippen molar-refractivity contribution < 1.29 is 14.0 Å². The van der Waals surface area contributed by atoms with E-state index >= 15 is 0 Å². The number of carbonyl (C=O) groups is 2. The minimum atomic E-state index is -1.27. The van der Waals surface area contributed by atoms with Crippen LogP contribution in [0.3, 0.4) is 0 Å². The van der Waals surface area contributed by atoms with Crippen molar-refractivity contribution >= 4 is 46.6 Å². The minimum Gasteiger partial charge on any atom is -0.304 e. The average molecular weight is 453 g/mol. The van der Waals surface area contributed by atoms with Crippen LogP contribution in [-0.4, -0.2) is 17.1 Å². The summed E-state index contributed by atoms with van der Waals surface area (Å²) in [4.78, 5) is 29.1. The highest BCUT2D eigenvalue weighted by Gasteiger charge is 2.63. The molecule has 0 saturated carbocycles. The Morgan fingerprint density at radius 3 is 2.52 bits per heavy atom. The highest BCUT2D eigenvalue weighted by atomic mass is 35.5. The second kappa shape index (κ2) is 7.39. The normalized spacial score (nSPS) is 22.5. The molecule has 1 saturated heterocycles. The summed E-state index contributed by atoms with van der Waals surface area (Å²) in [6.07, 6.45) is 0. The highest BCUT2D eigenvalue weighted by molar-refractivity contribution is 8.03. The summed E-state index contributed by atoms with van der Waals surface area (Å²) in [5.74, 6) is -0.885. The summed E-state index contributed by atoms with van der Waals surface area (Å²) < 4.78 is 14.1. The number of thioether (sulfide) groups is 1. The molecule has 31 heavy (non-hydrogen) atoms. The molecule has 156 valence electrons. The molecule has 1 spiro atoms. The number of anilines is 2. The van der Waals surface area contributed by atoms with Gasteiger partial charge in [-0.15, -0.1) is 11.8 Å². The van der Waals surface area contributed by atoms with Gasteiger partial charge in [0.1, 0.15) is 5.82 Å². The van der Waals surface area contributed by atoms with Gasteiger partial charge in [-0.1, -0.05) is 48.0 Å². The minimum absolute atomic E-state index is 0.212. The maximum atomic E-state index is 14.1. The number of hydrogen-bond acceptors (Lipinski definition) is 3. The Kier molecular flexibility index (Phi) is 4.79. The van der Waals surface area contributed by atoms with Gasteiger partial charge in [-0.25, -0.2) is 4.39 Å². The zero-order valence-corrected chi connectivity index (χ0v) is 18.2. The molecule has 1 fully saturated rings. The van der Waals surface area contributed by atoms with E-state index in [2.05, 4.69) is 0 Å². The van der Waals surface area contributed by atoms with E-state index in [-0.39, 0.29) is 11.8 Å². The number of carbonyl (C=O) groups excluding carboxylic acids is 2. The number of amides is 2. The van der Waals surface area contributed by atoms with Gasteiger partial charge in [-0.3, -0.25) is 14.5 Å². The average Bonchev–Trinajstić information content (AvgIpc) is 3.16. The van der Waals surface area contributed by atoms with Crippen LogP contribution in [0.1, 0.15) is 18.1 Å². The first kappa shape index (κ1) is 20.1. The molecule has 4 nitrogen and oxygen atoms in total. The van der Waals surface area contributed by atoms with E-state index in [1.165, 1.54) is 28.8 Å². The molecule has 0 bridgehead atoms. The summed E-state index contributed by atoms with van der Waals surface area (Å²) in [7, 11) is 0. The maximum Gasteiger partial charge on any atom is 0.269 e. The lowest BCUT2D eigenvalue weighted by atomic mass is 10.0. The number of para-hydroxylation sites is 1. The monoisotopic (exact) mass is 452 g/mol. The maximum absolute atomic E-state index is 14.1. The van der Waals surface area contributed by atoms with Crippen LogP contribution in [0, 0.1) is 5.82 Å². The van der Waals surface area contributed by atoms with E-state index < -0.39 is 15.9 Å². The molecule has 0 radical (unpaired) electrons. The quantitative estimate of drug-likeness (QED) is 0.538. The molecule has 0 N–H and O–H groups in total. The van der Waals surface area contributed by atoms with Crippen molar-refractivity contribution in [3.8, 4) is 0 Å². The zero-order valence-electron chi connectivity index (χ0n) is 16.6. The Balaban J connectivity index is 1.66. The molecule has 0 unspecified atom stereocenters. The number of halogens is 2. The molecule has 3 aromatic carbocycles. The molecule has 0 aromatic heterocycles. The van der Waals surface area contributed by atoms with Gasteiger partial charge < -0.3 is 4.90 Å². The molecule has 3 aromatic rings. The van der Waals surface area contributed by atoms with Crippen LogP contribution >= 0.6 is 23.4 Å². The number of hydrogen-bond donors (Lipinski definition) is 0. The lowest BCUT2D eigenvalue weighted by molar-refractivity contribution is -0.124. The van der Waals surface area contributed by atoms with E-state index in [4.69, 9.17) is 11.6 Å². The van der Waals surface area contributed by atoms with Gasteiger partial charge in [0.2, 0.25) is 10.8 Å².